The number of carbonyl (C=O) groups excluding carboxylic acids is 1. The number of aryl methyl sites for hydroxylation is 1. The topological polar surface area (TPSA) is 76.1 Å². The zero-order valence-electron chi connectivity index (χ0n) is 9.50. The third-order valence-corrected chi connectivity index (χ3v) is 5.88. The molecule has 19 heavy (non-hydrogen) atoms. The number of sulfonamides is 1. The monoisotopic (exact) mass is 336 g/mol. The minimum Gasteiger partial charge on any atom is -0.274 e. The number of hydrogen-bond donors (Lipinski definition) is 1. The zero-order chi connectivity index (χ0) is 13.9. The Labute approximate surface area is 123 Å². The van der Waals surface area contributed by atoms with Gasteiger partial charge in [0.15, 0.2) is 0 Å². The molecule has 0 saturated heterocycles. The summed E-state index contributed by atoms with van der Waals surface area (Å²) < 4.78 is 26.0. The van der Waals surface area contributed by atoms with E-state index in [-0.39, 0.29) is 10.6 Å². The molecule has 0 fully saturated rings. The highest BCUT2D eigenvalue weighted by Gasteiger charge is 2.19. The van der Waals surface area contributed by atoms with Crippen LogP contribution in [0.2, 0.25) is 4.34 Å². The van der Waals surface area contributed by atoms with Crippen molar-refractivity contribution in [2.75, 3.05) is 0 Å². The Balaban J connectivity index is 1.95. The normalized spacial score (nSPS) is 11.4. The summed E-state index contributed by atoms with van der Waals surface area (Å²) in [5.41, 5.74) is 2.44. The van der Waals surface area contributed by atoms with Crippen LogP contribution in [0.4, 0.5) is 0 Å². The number of thiophene rings is 1. The first kappa shape index (κ1) is 14.4. The fraction of sp³-hybridized carbons (Fsp3) is 0.200. The number of carbonyl (C=O) groups is 1. The standard InChI is InChI=1S/C10H9ClN2O3S3/c11-8-2-4-10(18-8)19(15,16)13-9(14)3-1-7-5-17-6-12-7/h2,4-6H,1,3H2,(H,13,14). The lowest BCUT2D eigenvalue weighted by Gasteiger charge is -2.03. The van der Waals surface area contributed by atoms with E-state index < -0.39 is 15.9 Å². The molecule has 0 radical (unpaired) electrons. The third-order valence-electron chi connectivity index (χ3n) is 2.15. The first-order chi connectivity index (χ1) is 8.97. The van der Waals surface area contributed by atoms with Gasteiger partial charge in [0.1, 0.15) is 4.21 Å². The van der Waals surface area contributed by atoms with Crippen molar-refractivity contribution in [3.63, 3.8) is 0 Å². The van der Waals surface area contributed by atoms with E-state index in [1.165, 1.54) is 23.5 Å². The van der Waals surface area contributed by atoms with Gasteiger partial charge in [-0.15, -0.1) is 22.7 Å². The van der Waals surface area contributed by atoms with Crippen molar-refractivity contribution in [2.45, 2.75) is 17.1 Å². The van der Waals surface area contributed by atoms with Crippen LogP contribution >= 0.6 is 34.3 Å². The number of halogens is 1. The van der Waals surface area contributed by atoms with Crippen LogP contribution in [0.25, 0.3) is 0 Å². The second-order valence-corrected chi connectivity index (χ2v) is 7.91. The quantitative estimate of drug-likeness (QED) is 0.909. The van der Waals surface area contributed by atoms with Crippen LogP contribution in [0.5, 0.6) is 0 Å². The molecule has 0 aromatic carbocycles. The first-order valence-corrected chi connectivity index (χ1v) is 8.77. The number of hydrogen-bond acceptors (Lipinski definition) is 6. The lowest BCUT2D eigenvalue weighted by Crippen LogP contribution is -2.30. The van der Waals surface area contributed by atoms with Crippen molar-refractivity contribution in [1.29, 1.82) is 0 Å². The minimum atomic E-state index is -3.81. The number of amides is 1. The fourth-order valence-corrected chi connectivity index (χ4v) is 4.39. The summed E-state index contributed by atoms with van der Waals surface area (Å²) in [6.07, 6.45) is 0.484. The molecular formula is C10H9ClN2O3S3. The number of aromatic nitrogens is 1. The van der Waals surface area contributed by atoms with E-state index in [0.29, 0.717) is 10.8 Å². The molecule has 0 bridgehead atoms. The van der Waals surface area contributed by atoms with Crippen molar-refractivity contribution >= 4 is 50.2 Å². The average Bonchev–Trinajstić information content (AvgIpc) is 2.96. The van der Waals surface area contributed by atoms with E-state index in [1.54, 1.807) is 5.51 Å². The molecule has 1 amide bonds. The summed E-state index contributed by atoms with van der Waals surface area (Å²) in [6.45, 7) is 0. The number of thiazole rings is 1. The van der Waals surface area contributed by atoms with Crippen LogP contribution in [-0.2, 0) is 21.2 Å². The fourth-order valence-electron chi connectivity index (χ4n) is 1.30. The maximum absolute atomic E-state index is 11.8. The summed E-state index contributed by atoms with van der Waals surface area (Å²) in [7, 11) is -3.81. The van der Waals surface area contributed by atoms with Gasteiger partial charge < -0.3 is 0 Å². The molecule has 0 aliphatic heterocycles. The van der Waals surface area contributed by atoms with Crippen LogP contribution < -0.4 is 4.72 Å². The van der Waals surface area contributed by atoms with Crippen molar-refractivity contribution in [3.8, 4) is 0 Å². The SMILES string of the molecule is O=C(CCc1cscn1)NS(=O)(=O)c1ccc(Cl)s1. The van der Waals surface area contributed by atoms with Crippen molar-refractivity contribution < 1.29 is 13.2 Å². The summed E-state index contributed by atoms with van der Waals surface area (Å²) in [4.78, 5) is 15.6. The van der Waals surface area contributed by atoms with Gasteiger partial charge in [0.2, 0.25) is 5.91 Å². The Bertz CT molecular complexity index is 664. The van der Waals surface area contributed by atoms with E-state index >= 15 is 0 Å². The van der Waals surface area contributed by atoms with E-state index in [4.69, 9.17) is 11.6 Å². The Morgan fingerprint density at radius 2 is 2.21 bits per heavy atom. The van der Waals surface area contributed by atoms with E-state index in [9.17, 15) is 13.2 Å². The predicted octanol–water partition coefficient (Wildman–Crippen LogP) is 2.30. The van der Waals surface area contributed by atoms with Crippen LogP contribution in [-0.4, -0.2) is 19.3 Å². The van der Waals surface area contributed by atoms with Crippen LogP contribution in [0.1, 0.15) is 12.1 Å². The number of nitrogens with one attached hydrogen (secondary N) is 1. The van der Waals surface area contributed by atoms with E-state index in [1.807, 2.05) is 10.1 Å². The average molecular weight is 337 g/mol. The molecule has 0 saturated carbocycles. The second kappa shape index (κ2) is 6.00. The van der Waals surface area contributed by atoms with Gasteiger partial charge in [-0.3, -0.25) is 4.79 Å². The molecule has 1 N–H and O–H groups in total. The lowest BCUT2D eigenvalue weighted by atomic mass is 10.2. The maximum atomic E-state index is 11.8. The molecule has 2 aromatic heterocycles. The summed E-state index contributed by atoms with van der Waals surface area (Å²) in [5, 5.41) is 1.82. The lowest BCUT2D eigenvalue weighted by molar-refractivity contribution is -0.119. The highest BCUT2D eigenvalue weighted by Crippen LogP contribution is 2.25. The maximum Gasteiger partial charge on any atom is 0.273 e. The predicted molar refractivity (Wildman–Crippen MR) is 75.1 cm³/mol. The highest BCUT2D eigenvalue weighted by molar-refractivity contribution is 7.92. The molecule has 2 heterocycles. The molecule has 2 aromatic rings. The first-order valence-electron chi connectivity index (χ1n) is 5.15. The Kier molecular flexibility index (Phi) is 4.56. The number of nitrogens with zero attached hydrogens (tertiary/aromatic N) is 1. The summed E-state index contributed by atoms with van der Waals surface area (Å²) in [5.74, 6) is -0.558. The van der Waals surface area contributed by atoms with Gasteiger partial charge in [0, 0.05) is 11.8 Å². The van der Waals surface area contributed by atoms with Gasteiger partial charge >= 0.3 is 0 Å². The van der Waals surface area contributed by atoms with Gasteiger partial charge in [0.25, 0.3) is 10.0 Å². The van der Waals surface area contributed by atoms with Crippen LogP contribution in [0.15, 0.2) is 27.2 Å². The van der Waals surface area contributed by atoms with Crippen molar-refractivity contribution in [3.05, 3.63) is 33.1 Å². The zero-order valence-corrected chi connectivity index (χ0v) is 12.7. The molecule has 0 aliphatic rings. The molecule has 0 aliphatic carbocycles. The molecule has 0 spiro atoms. The number of rotatable bonds is 5. The molecule has 0 unspecified atom stereocenters. The summed E-state index contributed by atoms with van der Waals surface area (Å²) in [6, 6.07) is 2.84. The van der Waals surface area contributed by atoms with Gasteiger partial charge in [-0.05, 0) is 18.6 Å². The van der Waals surface area contributed by atoms with Crippen molar-refractivity contribution in [2.24, 2.45) is 0 Å². The van der Waals surface area contributed by atoms with E-state index in [0.717, 1.165) is 17.0 Å². The molecule has 0 atom stereocenters. The Morgan fingerprint density at radius 3 is 2.79 bits per heavy atom. The molecule has 9 heteroatoms. The second-order valence-electron chi connectivity index (χ2n) is 3.57. The highest BCUT2D eigenvalue weighted by atomic mass is 35.5. The van der Waals surface area contributed by atoms with E-state index in [2.05, 4.69) is 4.98 Å². The smallest absolute Gasteiger partial charge is 0.273 e. The largest absolute Gasteiger partial charge is 0.274 e. The molecule has 102 valence electrons. The Morgan fingerprint density at radius 1 is 1.42 bits per heavy atom. The summed E-state index contributed by atoms with van der Waals surface area (Å²) >= 11 is 8.00. The van der Waals surface area contributed by atoms with Crippen LogP contribution in [0, 0.1) is 0 Å². The third kappa shape index (κ3) is 4.00. The van der Waals surface area contributed by atoms with Gasteiger partial charge in [-0.25, -0.2) is 18.1 Å². The van der Waals surface area contributed by atoms with Gasteiger partial charge in [-0.2, -0.15) is 0 Å². The molecule has 2 rings (SSSR count). The van der Waals surface area contributed by atoms with Crippen molar-refractivity contribution in [1.82, 2.24) is 9.71 Å². The van der Waals surface area contributed by atoms with Gasteiger partial charge in [0.05, 0.1) is 15.5 Å². The molecule has 5 nitrogen and oxygen atoms in total. The van der Waals surface area contributed by atoms with Gasteiger partial charge in [-0.1, -0.05) is 11.6 Å². The Hall–Kier alpha value is -0.960. The molecular weight excluding hydrogens is 328 g/mol. The van der Waals surface area contributed by atoms with Crippen LogP contribution in [0.3, 0.4) is 0 Å². The minimum absolute atomic E-state index is 0.0273.